The van der Waals surface area contributed by atoms with Crippen LogP contribution in [0.2, 0.25) is 0 Å². The molecule has 4 heteroatoms. The van der Waals surface area contributed by atoms with E-state index >= 15 is 0 Å². The van der Waals surface area contributed by atoms with Crippen molar-refractivity contribution in [3.05, 3.63) is 33.5 Å². The Hall–Kier alpha value is -0.740. The Kier molecular flexibility index (Phi) is 6.99. The van der Waals surface area contributed by atoms with Crippen LogP contribution in [0, 0.1) is 18.7 Å². The van der Waals surface area contributed by atoms with Gasteiger partial charge < -0.3 is 4.74 Å². The zero-order chi connectivity index (χ0) is 17.7. The van der Waals surface area contributed by atoms with Crippen molar-refractivity contribution in [2.45, 2.75) is 64.7 Å². The van der Waals surface area contributed by atoms with Crippen molar-refractivity contribution in [2.24, 2.45) is 5.92 Å². The predicted octanol–water partition coefficient (Wildman–Crippen LogP) is 5.73. The van der Waals surface area contributed by atoms with E-state index in [0.29, 0.717) is 5.56 Å². The van der Waals surface area contributed by atoms with Gasteiger partial charge in [0.15, 0.2) is 0 Å². The number of ketones is 1. The van der Waals surface area contributed by atoms with E-state index in [1.54, 1.807) is 19.9 Å². The highest BCUT2D eigenvalue weighted by Gasteiger charge is 2.50. The van der Waals surface area contributed by atoms with Gasteiger partial charge in [0, 0.05) is 17.7 Å². The molecule has 2 aliphatic rings. The Bertz CT molecular complexity index is 572. The fourth-order valence-corrected chi connectivity index (χ4v) is 4.40. The molecule has 2 fully saturated rings. The number of hydrogen-bond donors (Lipinski definition) is 0. The lowest BCUT2D eigenvalue weighted by Crippen LogP contribution is -2.19. The highest BCUT2D eigenvalue weighted by Crippen LogP contribution is 2.52. The van der Waals surface area contributed by atoms with Crippen molar-refractivity contribution in [2.75, 3.05) is 13.2 Å². The van der Waals surface area contributed by atoms with Crippen molar-refractivity contribution in [1.82, 2.24) is 0 Å². The van der Waals surface area contributed by atoms with Crippen molar-refractivity contribution in [3.8, 4) is 0 Å². The van der Waals surface area contributed by atoms with Crippen LogP contribution < -0.4 is 0 Å². The van der Waals surface area contributed by atoms with E-state index in [0.717, 1.165) is 42.0 Å². The quantitative estimate of drug-likeness (QED) is 0.646. The maximum absolute atomic E-state index is 13.4. The van der Waals surface area contributed by atoms with E-state index in [2.05, 4.69) is 22.9 Å². The second-order valence-electron chi connectivity index (χ2n) is 7.01. The summed E-state index contributed by atoms with van der Waals surface area (Å²) in [6.45, 7) is 7.59. The van der Waals surface area contributed by atoms with Crippen LogP contribution in [0.15, 0.2) is 16.6 Å². The molecule has 1 heterocycles. The fraction of sp³-hybridized carbons (Fsp3) is 0.650. The van der Waals surface area contributed by atoms with Crippen LogP contribution in [-0.4, -0.2) is 19.0 Å². The van der Waals surface area contributed by atoms with Gasteiger partial charge in [-0.25, -0.2) is 4.39 Å². The second-order valence-corrected chi connectivity index (χ2v) is 7.87. The van der Waals surface area contributed by atoms with Gasteiger partial charge in [-0.2, -0.15) is 0 Å². The van der Waals surface area contributed by atoms with Gasteiger partial charge >= 0.3 is 0 Å². The molecule has 1 saturated heterocycles. The number of benzene rings is 1. The summed E-state index contributed by atoms with van der Waals surface area (Å²) in [6.07, 6.45) is 7.02. The average Bonchev–Trinajstić information content (AvgIpc) is 3.35. The van der Waals surface area contributed by atoms with E-state index < -0.39 is 5.41 Å². The Labute approximate surface area is 153 Å². The molecule has 134 valence electrons. The summed E-state index contributed by atoms with van der Waals surface area (Å²) < 4.78 is 19.5. The topological polar surface area (TPSA) is 26.3 Å². The SMILES string of the molecule is CC(=O)C1(c2c(Br)ccc(F)c2C)CC1.CCCC1CCOCC1. The van der Waals surface area contributed by atoms with Gasteiger partial charge in [0.05, 0.1) is 5.41 Å². The van der Waals surface area contributed by atoms with Crippen molar-refractivity contribution < 1.29 is 13.9 Å². The third-order valence-corrected chi connectivity index (χ3v) is 5.95. The summed E-state index contributed by atoms with van der Waals surface area (Å²) in [5.74, 6) is 0.876. The number of carbonyl (C=O) groups is 1. The molecule has 1 aliphatic heterocycles. The number of hydrogen-bond acceptors (Lipinski definition) is 2. The average molecular weight is 399 g/mol. The van der Waals surface area contributed by atoms with E-state index in [9.17, 15) is 9.18 Å². The maximum Gasteiger partial charge on any atom is 0.140 e. The van der Waals surface area contributed by atoms with Crippen LogP contribution in [0.1, 0.15) is 63.5 Å². The molecular formula is C20H28BrFO2. The highest BCUT2D eigenvalue weighted by atomic mass is 79.9. The van der Waals surface area contributed by atoms with Crippen molar-refractivity contribution in [3.63, 3.8) is 0 Å². The lowest BCUT2D eigenvalue weighted by atomic mass is 9.88. The number of halogens is 2. The monoisotopic (exact) mass is 398 g/mol. The molecule has 24 heavy (non-hydrogen) atoms. The number of rotatable bonds is 4. The lowest BCUT2D eigenvalue weighted by Gasteiger charge is -2.20. The van der Waals surface area contributed by atoms with Crippen molar-refractivity contribution >= 4 is 21.7 Å². The molecule has 0 atom stereocenters. The Morgan fingerprint density at radius 2 is 1.96 bits per heavy atom. The first-order valence-corrected chi connectivity index (χ1v) is 9.75. The number of carbonyl (C=O) groups excluding carboxylic acids is 1. The molecular weight excluding hydrogens is 371 g/mol. The lowest BCUT2D eigenvalue weighted by molar-refractivity contribution is -0.119. The standard InChI is InChI=1S/C12H12BrFO.C8H16O/c1-7-10(14)4-3-9(13)11(7)12(5-6-12)8(2)15;1-2-3-8-4-6-9-7-5-8/h3-4H,5-6H2,1-2H3;8H,2-7H2,1H3. The molecule has 0 spiro atoms. The third kappa shape index (κ3) is 4.45. The van der Waals surface area contributed by atoms with Gasteiger partial charge in [0.2, 0.25) is 0 Å². The first-order chi connectivity index (χ1) is 11.4. The van der Waals surface area contributed by atoms with Gasteiger partial charge in [0.1, 0.15) is 11.6 Å². The van der Waals surface area contributed by atoms with E-state index in [-0.39, 0.29) is 11.6 Å². The minimum absolute atomic E-state index is 0.136. The number of ether oxygens (including phenoxy) is 1. The van der Waals surface area contributed by atoms with Gasteiger partial charge in [-0.1, -0.05) is 35.7 Å². The van der Waals surface area contributed by atoms with Crippen LogP contribution >= 0.6 is 15.9 Å². The normalized spacial score (nSPS) is 19.4. The first kappa shape index (κ1) is 19.6. The van der Waals surface area contributed by atoms with Crippen LogP contribution in [0.3, 0.4) is 0 Å². The van der Waals surface area contributed by atoms with Gasteiger partial charge in [-0.3, -0.25) is 4.79 Å². The molecule has 0 radical (unpaired) electrons. The molecule has 1 aromatic carbocycles. The summed E-state index contributed by atoms with van der Waals surface area (Å²) in [5.41, 5.74) is 1.03. The molecule has 2 nitrogen and oxygen atoms in total. The van der Waals surface area contributed by atoms with Gasteiger partial charge in [0.25, 0.3) is 0 Å². The smallest absolute Gasteiger partial charge is 0.140 e. The molecule has 3 rings (SSSR count). The van der Waals surface area contributed by atoms with E-state index in [1.165, 1.54) is 31.7 Å². The van der Waals surface area contributed by atoms with Crippen LogP contribution in [0.25, 0.3) is 0 Å². The summed E-state index contributed by atoms with van der Waals surface area (Å²) in [4.78, 5) is 11.6. The van der Waals surface area contributed by atoms with Crippen LogP contribution in [0.4, 0.5) is 4.39 Å². The minimum Gasteiger partial charge on any atom is -0.381 e. The van der Waals surface area contributed by atoms with Crippen LogP contribution in [-0.2, 0) is 14.9 Å². The molecule has 0 bridgehead atoms. The summed E-state index contributed by atoms with van der Waals surface area (Å²) >= 11 is 3.41. The molecule has 0 N–H and O–H groups in total. The zero-order valence-corrected chi connectivity index (χ0v) is 16.5. The summed E-state index contributed by atoms with van der Waals surface area (Å²) in [7, 11) is 0. The molecule has 1 aromatic rings. The predicted molar refractivity (Wildman–Crippen MR) is 98.9 cm³/mol. The van der Waals surface area contributed by atoms with Crippen molar-refractivity contribution in [1.29, 1.82) is 0 Å². The maximum atomic E-state index is 13.4. The summed E-state index contributed by atoms with van der Waals surface area (Å²) in [6, 6.07) is 3.11. The van der Waals surface area contributed by atoms with Crippen LogP contribution in [0.5, 0.6) is 0 Å². The summed E-state index contributed by atoms with van der Waals surface area (Å²) in [5, 5.41) is 0. The largest absolute Gasteiger partial charge is 0.381 e. The second kappa shape index (κ2) is 8.57. The minimum atomic E-state index is -0.412. The Balaban J connectivity index is 0.000000198. The Morgan fingerprint density at radius 1 is 1.33 bits per heavy atom. The van der Waals surface area contributed by atoms with Gasteiger partial charge in [-0.05, 0) is 68.7 Å². The van der Waals surface area contributed by atoms with E-state index in [4.69, 9.17) is 4.74 Å². The van der Waals surface area contributed by atoms with E-state index in [1.807, 2.05) is 0 Å². The Morgan fingerprint density at radius 3 is 2.46 bits per heavy atom. The molecule has 1 aliphatic carbocycles. The van der Waals surface area contributed by atoms with Gasteiger partial charge in [-0.15, -0.1) is 0 Å². The molecule has 0 amide bonds. The third-order valence-electron chi connectivity index (χ3n) is 5.29. The fourth-order valence-electron chi connectivity index (χ4n) is 3.59. The molecule has 0 aromatic heterocycles. The molecule has 1 saturated carbocycles. The zero-order valence-electron chi connectivity index (χ0n) is 15.0. The molecule has 0 unspecified atom stereocenters. The number of Topliss-reactive ketones (excluding diaryl/α,β-unsaturated/α-hetero) is 1. The first-order valence-electron chi connectivity index (χ1n) is 8.96. The highest BCUT2D eigenvalue weighted by molar-refractivity contribution is 9.10.